The molecule has 0 saturated heterocycles. The van der Waals surface area contributed by atoms with Gasteiger partial charge in [0.2, 0.25) is 0 Å². The molecule has 4 rings (SSSR count). The number of fused-ring (bicyclic) bond motifs is 1. The Hall–Kier alpha value is -1.42. The lowest BCUT2D eigenvalue weighted by Gasteiger charge is -2.13. The summed E-state index contributed by atoms with van der Waals surface area (Å²) in [7, 11) is 0. The zero-order valence-corrected chi connectivity index (χ0v) is 10.8. The highest BCUT2D eigenvalue weighted by Gasteiger charge is 2.33. The highest BCUT2D eigenvalue weighted by Crippen LogP contribution is 2.43. The fourth-order valence-electron chi connectivity index (χ4n) is 3.35. The predicted molar refractivity (Wildman–Crippen MR) is 72.5 cm³/mol. The summed E-state index contributed by atoms with van der Waals surface area (Å²) in [5.74, 6) is 1.38. The lowest BCUT2D eigenvalue weighted by molar-refractivity contribution is 0.591. The van der Waals surface area contributed by atoms with Gasteiger partial charge in [-0.3, -0.25) is 0 Å². The molecule has 1 heterocycles. The van der Waals surface area contributed by atoms with Crippen molar-refractivity contribution in [2.75, 3.05) is 0 Å². The second kappa shape index (κ2) is 4.04. The summed E-state index contributed by atoms with van der Waals surface area (Å²) >= 11 is 0. The molecule has 0 bridgehead atoms. The number of hydrogen-bond donors (Lipinski definition) is 1. The van der Waals surface area contributed by atoms with Crippen LogP contribution in [0, 0.1) is 5.82 Å². The van der Waals surface area contributed by atoms with Crippen LogP contribution in [0.15, 0.2) is 18.2 Å². The number of nitrogens with zero attached hydrogens (tertiary/aromatic N) is 2. The third-order valence-corrected chi connectivity index (χ3v) is 4.43. The third-order valence-electron chi connectivity index (χ3n) is 4.43. The predicted octanol–water partition coefficient (Wildman–Crippen LogP) is 3.11. The van der Waals surface area contributed by atoms with Gasteiger partial charge in [-0.05, 0) is 44.2 Å². The molecule has 2 fully saturated rings. The standard InChI is InChI=1S/C15H18FN3/c16-10-2-6-14-13(8-10)18-15(19(14)12-4-5-12)9-1-3-11(17)7-9/h2,6,8-9,11-12H,1,3-5,7,17H2. The van der Waals surface area contributed by atoms with Crippen molar-refractivity contribution in [3.63, 3.8) is 0 Å². The Bertz CT molecular complexity index is 630. The first-order valence-electron chi connectivity index (χ1n) is 7.15. The first-order valence-corrected chi connectivity index (χ1v) is 7.15. The molecule has 2 aromatic rings. The first-order chi connectivity index (χ1) is 9.22. The fourth-order valence-corrected chi connectivity index (χ4v) is 3.35. The molecule has 2 saturated carbocycles. The van der Waals surface area contributed by atoms with Gasteiger partial charge in [0, 0.05) is 24.1 Å². The Morgan fingerprint density at radius 2 is 2.05 bits per heavy atom. The van der Waals surface area contributed by atoms with Crippen LogP contribution >= 0.6 is 0 Å². The topological polar surface area (TPSA) is 43.8 Å². The molecular formula is C15H18FN3. The van der Waals surface area contributed by atoms with E-state index >= 15 is 0 Å². The van der Waals surface area contributed by atoms with Gasteiger partial charge in [0.1, 0.15) is 11.6 Å². The van der Waals surface area contributed by atoms with Gasteiger partial charge >= 0.3 is 0 Å². The van der Waals surface area contributed by atoms with Crippen molar-refractivity contribution in [3.05, 3.63) is 29.8 Å². The van der Waals surface area contributed by atoms with Crippen molar-refractivity contribution in [2.24, 2.45) is 5.73 Å². The second-order valence-corrected chi connectivity index (χ2v) is 5.97. The Morgan fingerprint density at radius 1 is 1.21 bits per heavy atom. The molecule has 2 atom stereocenters. The van der Waals surface area contributed by atoms with Gasteiger partial charge in [0.25, 0.3) is 0 Å². The van der Waals surface area contributed by atoms with Crippen LogP contribution in [0.4, 0.5) is 4.39 Å². The number of aromatic nitrogens is 2. The quantitative estimate of drug-likeness (QED) is 0.900. The van der Waals surface area contributed by atoms with Gasteiger partial charge in [0.05, 0.1) is 11.0 Å². The molecule has 1 aromatic carbocycles. The van der Waals surface area contributed by atoms with Gasteiger partial charge in [-0.1, -0.05) is 0 Å². The number of imidazole rings is 1. The van der Waals surface area contributed by atoms with E-state index in [0.717, 1.165) is 36.1 Å². The molecule has 2 aliphatic carbocycles. The summed E-state index contributed by atoms with van der Waals surface area (Å²) in [5, 5.41) is 0. The maximum Gasteiger partial charge on any atom is 0.125 e. The molecule has 0 spiro atoms. The largest absolute Gasteiger partial charge is 0.328 e. The number of hydrogen-bond acceptors (Lipinski definition) is 2. The monoisotopic (exact) mass is 259 g/mol. The normalized spacial score (nSPS) is 27.3. The van der Waals surface area contributed by atoms with Crippen LogP contribution < -0.4 is 5.73 Å². The van der Waals surface area contributed by atoms with Crippen molar-refractivity contribution >= 4 is 11.0 Å². The summed E-state index contributed by atoms with van der Waals surface area (Å²) in [6, 6.07) is 5.82. The molecule has 3 nitrogen and oxygen atoms in total. The van der Waals surface area contributed by atoms with Crippen molar-refractivity contribution in [2.45, 2.75) is 50.1 Å². The van der Waals surface area contributed by atoms with Crippen LogP contribution in [0.1, 0.15) is 49.9 Å². The van der Waals surface area contributed by atoms with Gasteiger partial charge in [-0.2, -0.15) is 0 Å². The van der Waals surface area contributed by atoms with Crippen molar-refractivity contribution in [3.8, 4) is 0 Å². The van der Waals surface area contributed by atoms with Gasteiger partial charge in [-0.15, -0.1) is 0 Å². The molecule has 2 N–H and O–H groups in total. The summed E-state index contributed by atoms with van der Waals surface area (Å²) in [6.07, 6.45) is 5.63. The van der Waals surface area contributed by atoms with Gasteiger partial charge in [0.15, 0.2) is 0 Å². The number of halogens is 1. The van der Waals surface area contributed by atoms with E-state index in [2.05, 4.69) is 4.57 Å². The van der Waals surface area contributed by atoms with Gasteiger partial charge < -0.3 is 10.3 Å². The zero-order valence-electron chi connectivity index (χ0n) is 10.8. The van der Waals surface area contributed by atoms with Crippen LogP contribution in [-0.4, -0.2) is 15.6 Å². The SMILES string of the molecule is NC1CCC(c2nc3cc(F)ccc3n2C2CC2)C1. The average Bonchev–Trinajstić information content (AvgIpc) is 3.02. The Balaban J connectivity index is 1.86. The second-order valence-electron chi connectivity index (χ2n) is 5.97. The Labute approximate surface area is 111 Å². The molecule has 100 valence electrons. The van der Waals surface area contributed by atoms with E-state index in [0.29, 0.717) is 18.0 Å². The van der Waals surface area contributed by atoms with E-state index in [1.165, 1.54) is 18.9 Å². The van der Waals surface area contributed by atoms with E-state index < -0.39 is 0 Å². The van der Waals surface area contributed by atoms with E-state index in [1.807, 2.05) is 6.07 Å². The van der Waals surface area contributed by atoms with E-state index in [1.54, 1.807) is 6.07 Å². The van der Waals surface area contributed by atoms with Crippen LogP contribution in [0.25, 0.3) is 11.0 Å². The lowest BCUT2D eigenvalue weighted by Crippen LogP contribution is -2.15. The molecule has 2 unspecified atom stereocenters. The summed E-state index contributed by atoms with van der Waals surface area (Å²) in [5.41, 5.74) is 7.90. The highest BCUT2D eigenvalue weighted by atomic mass is 19.1. The Kier molecular flexibility index (Phi) is 2.42. The minimum atomic E-state index is -0.206. The minimum absolute atomic E-state index is 0.206. The van der Waals surface area contributed by atoms with Crippen LogP contribution in [0.3, 0.4) is 0 Å². The number of nitrogens with two attached hydrogens (primary N) is 1. The van der Waals surface area contributed by atoms with Crippen LogP contribution in [-0.2, 0) is 0 Å². The number of rotatable bonds is 2. The minimum Gasteiger partial charge on any atom is -0.328 e. The molecular weight excluding hydrogens is 241 g/mol. The van der Waals surface area contributed by atoms with E-state index in [9.17, 15) is 4.39 Å². The van der Waals surface area contributed by atoms with Crippen molar-refractivity contribution in [1.29, 1.82) is 0 Å². The first kappa shape index (κ1) is 11.4. The lowest BCUT2D eigenvalue weighted by atomic mass is 10.1. The molecule has 0 radical (unpaired) electrons. The van der Waals surface area contributed by atoms with Crippen LogP contribution in [0.5, 0.6) is 0 Å². The molecule has 2 aliphatic rings. The van der Waals surface area contributed by atoms with Gasteiger partial charge in [-0.25, -0.2) is 9.37 Å². The fraction of sp³-hybridized carbons (Fsp3) is 0.533. The molecule has 19 heavy (non-hydrogen) atoms. The van der Waals surface area contributed by atoms with Crippen molar-refractivity contribution < 1.29 is 4.39 Å². The van der Waals surface area contributed by atoms with Crippen LogP contribution in [0.2, 0.25) is 0 Å². The Morgan fingerprint density at radius 3 is 2.74 bits per heavy atom. The average molecular weight is 259 g/mol. The molecule has 4 heteroatoms. The summed E-state index contributed by atoms with van der Waals surface area (Å²) in [6.45, 7) is 0. The van der Waals surface area contributed by atoms with E-state index in [-0.39, 0.29) is 5.82 Å². The summed E-state index contributed by atoms with van der Waals surface area (Å²) in [4.78, 5) is 4.72. The highest BCUT2D eigenvalue weighted by molar-refractivity contribution is 5.76. The van der Waals surface area contributed by atoms with E-state index in [4.69, 9.17) is 10.7 Å². The molecule has 0 amide bonds. The molecule has 0 aliphatic heterocycles. The number of benzene rings is 1. The smallest absolute Gasteiger partial charge is 0.125 e. The maximum atomic E-state index is 13.4. The molecule has 1 aromatic heterocycles. The van der Waals surface area contributed by atoms with Crippen molar-refractivity contribution in [1.82, 2.24) is 9.55 Å². The summed E-state index contributed by atoms with van der Waals surface area (Å²) < 4.78 is 15.7. The third kappa shape index (κ3) is 1.86. The maximum absolute atomic E-state index is 13.4. The zero-order chi connectivity index (χ0) is 13.0.